The normalized spacial score (nSPS) is 27.4. The van der Waals surface area contributed by atoms with Crippen LogP contribution < -0.4 is 0 Å². The average Bonchev–Trinajstić information content (AvgIpc) is 2.82. The quantitative estimate of drug-likeness (QED) is 0.749. The van der Waals surface area contributed by atoms with Gasteiger partial charge in [0, 0.05) is 19.3 Å². The number of sulfonamides is 1. The van der Waals surface area contributed by atoms with Crippen molar-refractivity contribution < 1.29 is 8.42 Å². The monoisotopic (exact) mass is 242 g/mol. The topological polar surface area (TPSA) is 68.1 Å². The standard InChI is InChI=1S/C9H14N4O2S/c14-16(15,9-1-2-9)12-5-3-8(7-12)13-6-4-10-11-13/h4,6,8-9H,1-3,5,7H2/t8-/m1/s1. The smallest absolute Gasteiger partial charge is 0.217 e. The lowest BCUT2D eigenvalue weighted by atomic mass is 10.3. The Morgan fingerprint density at radius 3 is 2.69 bits per heavy atom. The molecule has 1 saturated carbocycles. The van der Waals surface area contributed by atoms with E-state index in [1.54, 1.807) is 21.4 Å². The van der Waals surface area contributed by atoms with Crippen molar-refractivity contribution in [3.8, 4) is 0 Å². The summed E-state index contributed by atoms with van der Waals surface area (Å²) in [5.74, 6) is 0. The molecule has 0 unspecified atom stereocenters. The van der Waals surface area contributed by atoms with Crippen molar-refractivity contribution in [2.24, 2.45) is 0 Å². The van der Waals surface area contributed by atoms with Crippen LogP contribution >= 0.6 is 0 Å². The predicted octanol–water partition coefficient (Wildman–Crippen LogP) is 0.0171. The molecule has 0 N–H and O–H groups in total. The number of rotatable bonds is 3. The molecule has 1 aliphatic carbocycles. The molecule has 0 spiro atoms. The first-order valence-electron chi connectivity index (χ1n) is 5.52. The van der Waals surface area contributed by atoms with Gasteiger partial charge in [0.05, 0.1) is 17.5 Å². The molecule has 0 amide bonds. The van der Waals surface area contributed by atoms with Gasteiger partial charge in [-0.25, -0.2) is 13.1 Å². The minimum atomic E-state index is -3.02. The van der Waals surface area contributed by atoms with Crippen LogP contribution in [0.5, 0.6) is 0 Å². The molecule has 2 heterocycles. The molecule has 3 rings (SSSR count). The molecule has 1 aromatic rings. The molecule has 6 nitrogen and oxygen atoms in total. The lowest BCUT2D eigenvalue weighted by molar-refractivity contribution is 0.428. The Bertz CT molecular complexity index is 466. The van der Waals surface area contributed by atoms with Crippen LogP contribution in [-0.2, 0) is 10.0 Å². The summed E-state index contributed by atoms with van der Waals surface area (Å²) >= 11 is 0. The zero-order valence-electron chi connectivity index (χ0n) is 8.86. The van der Waals surface area contributed by atoms with Crippen molar-refractivity contribution >= 4 is 10.0 Å². The van der Waals surface area contributed by atoms with E-state index in [0.717, 1.165) is 19.3 Å². The Kier molecular flexibility index (Phi) is 2.25. The van der Waals surface area contributed by atoms with Crippen LogP contribution in [0.15, 0.2) is 12.4 Å². The second-order valence-corrected chi connectivity index (χ2v) is 6.64. The summed E-state index contributed by atoms with van der Waals surface area (Å²) in [6.07, 6.45) is 5.89. The first kappa shape index (κ1) is 10.2. The maximum Gasteiger partial charge on any atom is 0.217 e. The van der Waals surface area contributed by atoms with Gasteiger partial charge >= 0.3 is 0 Å². The molecule has 2 aliphatic rings. The third-order valence-corrected chi connectivity index (χ3v) is 5.61. The fourth-order valence-electron chi connectivity index (χ4n) is 2.15. The van der Waals surface area contributed by atoms with Crippen molar-refractivity contribution in [1.82, 2.24) is 19.3 Å². The Balaban J connectivity index is 1.74. The van der Waals surface area contributed by atoms with Gasteiger partial charge in [0.1, 0.15) is 0 Å². The second kappa shape index (κ2) is 3.53. The highest BCUT2D eigenvalue weighted by Gasteiger charge is 2.43. The van der Waals surface area contributed by atoms with E-state index >= 15 is 0 Å². The van der Waals surface area contributed by atoms with Gasteiger partial charge < -0.3 is 0 Å². The summed E-state index contributed by atoms with van der Waals surface area (Å²) < 4.78 is 27.3. The van der Waals surface area contributed by atoms with Gasteiger partial charge in [-0.15, -0.1) is 5.10 Å². The lowest BCUT2D eigenvalue weighted by Crippen LogP contribution is -2.32. The van der Waals surface area contributed by atoms with Gasteiger partial charge in [-0.1, -0.05) is 5.21 Å². The summed E-state index contributed by atoms with van der Waals surface area (Å²) in [7, 11) is -3.02. The SMILES string of the molecule is O=S(=O)(C1CC1)N1CC[C@@H](n2ccnn2)C1. The maximum absolute atomic E-state index is 12.0. The van der Waals surface area contributed by atoms with Gasteiger partial charge in [0.25, 0.3) is 0 Å². The molecule has 16 heavy (non-hydrogen) atoms. The van der Waals surface area contributed by atoms with Gasteiger partial charge in [0.15, 0.2) is 0 Å². The van der Waals surface area contributed by atoms with Crippen molar-refractivity contribution in [3.05, 3.63) is 12.4 Å². The number of hydrogen-bond donors (Lipinski definition) is 0. The Morgan fingerprint density at radius 1 is 1.25 bits per heavy atom. The van der Waals surface area contributed by atoms with Crippen LogP contribution in [0.3, 0.4) is 0 Å². The van der Waals surface area contributed by atoms with E-state index in [9.17, 15) is 8.42 Å². The van der Waals surface area contributed by atoms with Crippen LogP contribution in [0.25, 0.3) is 0 Å². The van der Waals surface area contributed by atoms with Crippen molar-refractivity contribution in [1.29, 1.82) is 0 Å². The summed E-state index contributed by atoms with van der Waals surface area (Å²) in [5, 5.41) is 7.56. The van der Waals surface area contributed by atoms with Gasteiger partial charge in [-0.05, 0) is 19.3 Å². The largest absolute Gasteiger partial charge is 0.248 e. The van der Waals surface area contributed by atoms with E-state index in [1.165, 1.54) is 0 Å². The zero-order valence-corrected chi connectivity index (χ0v) is 9.68. The van der Waals surface area contributed by atoms with Gasteiger partial charge in [-0.2, -0.15) is 4.31 Å². The van der Waals surface area contributed by atoms with Crippen LogP contribution in [0.2, 0.25) is 0 Å². The fourth-order valence-corrected chi connectivity index (χ4v) is 4.04. The molecule has 7 heteroatoms. The molecule has 1 saturated heterocycles. The second-order valence-electron chi connectivity index (χ2n) is 4.43. The summed E-state index contributed by atoms with van der Waals surface area (Å²) in [4.78, 5) is 0. The van der Waals surface area contributed by atoms with Crippen molar-refractivity contribution in [3.63, 3.8) is 0 Å². The molecule has 0 bridgehead atoms. The highest BCUT2D eigenvalue weighted by Crippen LogP contribution is 2.34. The first-order valence-corrected chi connectivity index (χ1v) is 7.03. The average molecular weight is 242 g/mol. The third-order valence-electron chi connectivity index (χ3n) is 3.25. The Morgan fingerprint density at radius 2 is 2.06 bits per heavy atom. The van der Waals surface area contributed by atoms with Crippen LogP contribution in [-0.4, -0.2) is 46.1 Å². The van der Waals surface area contributed by atoms with Gasteiger partial charge in [0.2, 0.25) is 10.0 Å². The summed E-state index contributed by atoms with van der Waals surface area (Å²) in [5.41, 5.74) is 0. The van der Waals surface area contributed by atoms with Crippen LogP contribution in [0, 0.1) is 0 Å². The predicted molar refractivity (Wildman–Crippen MR) is 57.2 cm³/mol. The molecule has 0 radical (unpaired) electrons. The van der Waals surface area contributed by atoms with E-state index in [4.69, 9.17) is 0 Å². The molecule has 2 fully saturated rings. The van der Waals surface area contributed by atoms with Crippen molar-refractivity contribution in [2.45, 2.75) is 30.6 Å². The maximum atomic E-state index is 12.0. The summed E-state index contributed by atoms with van der Waals surface area (Å²) in [6, 6.07) is 0.149. The molecular weight excluding hydrogens is 228 g/mol. The van der Waals surface area contributed by atoms with E-state index in [2.05, 4.69) is 10.3 Å². The molecule has 1 aromatic heterocycles. The fraction of sp³-hybridized carbons (Fsp3) is 0.778. The third kappa shape index (κ3) is 1.63. The molecule has 1 atom stereocenters. The molecule has 88 valence electrons. The van der Waals surface area contributed by atoms with E-state index in [0.29, 0.717) is 13.1 Å². The minimum Gasteiger partial charge on any atom is -0.248 e. The van der Waals surface area contributed by atoms with Crippen molar-refractivity contribution in [2.75, 3.05) is 13.1 Å². The van der Waals surface area contributed by atoms with Crippen LogP contribution in [0.1, 0.15) is 25.3 Å². The number of aromatic nitrogens is 3. The number of nitrogens with zero attached hydrogens (tertiary/aromatic N) is 4. The lowest BCUT2D eigenvalue weighted by Gasteiger charge is -2.15. The van der Waals surface area contributed by atoms with Gasteiger partial charge in [-0.3, -0.25) is 0 Å². The number of hydrogen-bond acceptors (Lipinski definition) is 4. The highest BCUT2D eigenvalue weighted by molar-refractivity contribution is 7.90. The van der Waals surface area contributed by atoms with Crippen LogP contribution in [0.4, 0.5) is 0 Å². The van der Waals surface area contributed by atoms with E-state index in [1.807, 2.05) is 0 Å². The minimum absolute atomic E-state index is 0.109. The molecule has 1 aliphatic heterocycles. The first-order chi connectivity index (χ1) is 7.68. The Labute approximate surface area is 94.3 Å². The van der Waals surface area contributed by atoms with E-state index in [-0.39, 0.29) is 11.3 Å². The Hall–Kier alpha value is -0.950. The highest BCUT2D eigenvalue weighted by atomic mass is 32.2. The molecular formula is C9H14N4O2S. The summed E-state index contributed by atoms with van der Waals surface area (Å²) in [6.45, 7) is 1.16. The van der Waals surface area contributed by atoms with E-state index < -0.39 is 10.0 Å². The molecule has 0 aromatic carbocycles. The zero-order chi connectivity index (χ0) is 11.2.